The van der Waals surface area contributed by atoms with Gasteiger partial charge in [-0.3, -0.25) is 9.59 Å². The summed E-state index contributed by atoms with van der Waals surface area (Å²) in [6.07, 6.45) is -1.33. The van der Waals surface area contributed by atoms with Crippen LogP contribution in [0.25, 0.3) is 17.1 Å². The number of fused-ring (bicyclic) bond motifs is 2. The number of alkyl halides is 3. The van der Waals surface area contributed by atoms with Crippen LogP contribution in [-0.4, -0.2) is 69.6 Å². The minimum atomic E-state index is -4.84. The largest absolute Gasteiger partial charge is 0.573 e. The van der Waals surface area contributed by atoms with Crippen molar-refractivity contribution in [1.82, 2.24) is 25.2 Å². The smallest absolute Gasteiger partial charge is 0.406 e. The molecule has 1 N–H and O–H groups in total. The fraction of sp³-hybridized carbons (Fsp3) is 0.333. The second-order valence-corrected chi connectivity index (χ2v) is 9.37. The van der Waals surface area contributed by atoms with Gasteiger partial charge in [0.25, 0.3) is 5.91 Å². The van der Waals surface area contributed by atoms with E-state index in [1.54, 1.807) is 28.0 Å². The number of hydrogen-bond acceptors (Lipinski definition) is 5. The van der Waals surface area contributed by atoms with Crippen molar-refractivity contribution in [2.75, 3.05) is 26.2 Å². The van der Waals surface area contributed by atoms with E-state index in [4.69, 9.17) is 11.6 Å². The van der Waals surface area contributed by atoms with Crippen LogP contribution in [0.3, 0.4) is 0 Å². The molecule has 0 aliphatic carbocycles. The summed E-state index contributed by atoms with van der Waals surface area (Å²) in [6.45, 7) is 2.20. The van der Waals surface area contributed by atoms with Crippen LogP contribution in [-0.2, 0) is 4.79 Å². The molecule has 12 heteroatoms. The average molecular weight is 520 g/mol. The number of carbonyl (C=O) groups excluding carboxylic acids is 2. The second-order valence-electron chi connectivity index (χ2n) is 8.93. The highest BCUT2D eigenvalue weighted by atomic mass is 35.5. The number of likely N-dealkylation sites (tertiary alicyclic amines) is 2. The second kappa shape index (κ2) is 9.45. The monoisotopic (exact) mass is 519 g/mol. The number of aromatic amines is 1. The summed E-state index contributed by atoms with van der Waals surface area (Å²) in [5.41, 5.74) is 2.16. The Hall–Kier alpha value is -3.60. The zero-order valence-electron chi connectivity index (χ0n) is 18.8. The number of carbonyl (C=O) groups is 2. The third-order valence-corrected chi connectivity index (χ3v) is 6.73. The minimum Gasteiger partial charge on any atom is -0.406 e. The molecule has 5 rings (SSSR count). The molecule has 2 atom stereocenters. The highest BCUT2D eigenvalue weighted by molar-refractivity contribution is 6.30. The van der Waals surface area contributed by atoms with Crippen molar-refractivity contribution in [2.45, 2.75) is 12.8 Å². The van der Waals surface area contributed by atoms with Gasteiger partial charge in [0.15, 0.2) is 0 Å². The molecule has 2 aromatic carbocycles. The first-order valence-corrected chi connectivity index (χ1v) is 11.7. The number of hydrogen-bond donors (Lipinski definition) is 1. The van der Waals surface area contributed by atoms with Crippen LogP contribution in [0, 0.1) is 11.8 Å². The predicted octanol–water partition coefficient (Wildman–Crippen LogP) is 4.14. The summed E-state index contributed by atoms with van der Waals surface area (Å²) in [7, 11) is 0. The van der Waals surface area contributed by atoms with Gasteiger partial charge in [-0.25, -0.2) is 0 Å². The number of rotatable bonds is 4. The van der Waals surface area contributed by atoms with Crippen LogP contribution < -0.4 is 4.74 Å². The maximum atomic E-state index is 13.1. The van der Waals surface area contributed by atoms with E-state index in [0.29, 0.717) is 48.3 Å². The Morgan fingerprint density at radius 1 is 1.03 bits per heavy atom. The lowest BCUT2D eigenvalue weighted by molar-refractivity contribution is -0.274. The normalized spacial score (nSPS) is 20.2. The zero-order chi connectivity index (χ0) is 25.4. The molecule has 3 heterocycles. The first-order chi connectivity index (χ1) is 17.1. The van der Waals surface area contributed by atoms with Gasteiger partial charge in [0.2, 0.25) is 5.91 Å². The average Bonchev–Trinajstić information content (AvgIpc) is 3.46. The minimum absolute atomic E-state index is 0.0588. The highest BCUT2D eigenvalue weighted by Crippen LogP contribution is 2.32. The lowest BCUT2D eigenvalue weighted by Gasteiger charge is -2.34. The van der Waals surface area contributed by atoms with Crippen molar-refractivity contribution in [2.24, 2.45) is 11.8 Å². The summed E-state index contributed by atoms with van der Waals surface area (Å²) in [5, 5.41) is 10.6. The number of ether oxygens (including phenoxy) is 1. The molecule has 0 radical (unpaired) electrons. The number of benzene rings is 2. The Balaban J connectivity index is 1.21. The van der Waals surface area contributed by atoms with E-state index in [9.17, 15) is 22.8 Å². The van der Waals surface area contributed by atoms with Gasteiger partial charge < -0.3 is 14.5 Å². The zero-order valence-corrected chi connectivity index (χ0v) is 19.6. The van der Waals surface area contributed by atoms with Crippen molar-refractivity contribution >= 4 is 40.5 Å². The Labute approximate surface area is 208 Å². The van der Waals surface area contributed by atoms with Gasteiger partial charge in [-0.1, -0.05) is 11.6 Å². The molecule has 1 aromatic heterocycles. The maximum absolute atomic E-state index is 13.1. The van der Waals surface area contributed by atoms with Crippen molar-refractivity contribution in [3.05, 3.63) is 58.6 Å². The molecular weight excluding hydrogens is 499 g/mol. The Bertz CT molecular complexity index is 1340. The van der Waals surface area contributed by atoms with Gasteiger partial charge in [-0.15, -0.1) is 13.2 Å². The van der Waals surface area contributed by atoms with Crippen molar-refractivity contribution in [3.63, 3.8) is 0 Å². The summed E-state index contributed by atoms with van der Waals surface area (Å²) in [6, 6.07) is 8.85. The molecule has 2 aliphatic heterocycles. The molecular formula is C24H21ClF3N5O3. The Morgan fingerprint density at radius 2 is 1.78 bits per heavy atom. The Kier molecular flexibility index (Phi) is 6.33. The molecule has 3 aromatic rings. The SMILES string of the molecule is O=C(/C=C/c1cc(Cl)cc(OC(F)(F)F)c1)N1CC2CN(C(=O)c3ccc4n[nH]nc4c3)CC[C@@H]2C1. The summed E-state index contributed by atoms with van der Waals surface area (Å²) in [4.78, 5) is 29.4. The lowest BCUT2D eigenvalue weighted by atomic mass is 9.88. The van der Waals surface area contributed by atoms with Gasteiger partial charge in [0, 0.05) is 42.8 Å². The topological polar surface area (TPSA) is 91.4 Å². The molecule has 0 spiro atoms. The number of amides is 2. The third kappa shape index (κ3) is 5.30. The van der Waals surface area contributed by atoms with E-state index in [2.05, 4.69) is 20.1 Å². The fourth-order valence-corrected chi connectivity index (χ4v) is 5.07. The lowest BCUT2D eigenvalue weighted by Crippen LogP contribution is -2.43. The molecule has 0 bridgehead atoms. The van der Waals surface area contributed by atoms with Gasteiger partial charge >= 0.3 is 6.36 Å². The first-order valence-electron chi connectivity index (χ1n) is 11.3. The third-order valence-electron chi connectivity index (χ3n) is 6.51. The van der Waals surface area contributed by atoms with E-state index in [1.807, 2.05) is 0 Å². The molecule has 2 fully saturated rings. The molecule has 2 aliphatic rings. The molecule has 8 nitrogen and oxygen atoms in total. The van der Waals surface area contributed by atoms with Gasteiger partial charge in [-0.05, 0) is 66.3 Å². The summed E-state index contributed by atoms with van der Waals surface area (Å²) >= 11 is 5.89. The van der Waals surface area contributed by atoms with Crippen molar-refractivity contribution < 1.29 is 27.5 Å². The molecule has 188 valence electrons. The maximum Gasteiger partial charge on any atom is 0.573 e. The summed E-state index contributed by atoms with van der Waals surface area (Å²) < 4.78 is 41.5. The van der Waals surface area contributed by atoms with Crippen LogP contribution in [0.15, 0.2) is 42.5 Å². The molecule has 0 saturated carbocycles. The van der Waals surface area contributed by atoms with Gasteiger partial charge in [-0.2, -0.15) is 15.4 Å². The van der Waals surface area contributed by atoms with Crippen molar-refractivity contribution in [1.29, 1.82) is 0 Å². The molecule has 2 amide bonds. The summed E-state index contributed by atoms with van der Waals surface area (Å²) in [5.74, 6) is -0.365. The van der Waals surface area contributed by atoms with E-state index < -0.39 is 12.1 Å². The van der Waals surface area contributed by atoms with E-state index >= 15 is 0 Å². The van der Waals surface area contributed by atoms with E-state index in [0.717, 1.165) is 18.6 Å². The van der Waals surface area contributed by atoms with Crippen LogP contribution in [0.1, 0.15) is 22.3 Å². The van der Waals surface area contributed by atoms with E-state index in [-0.39, 0.29) is 28.7 Å². The van der Waals surface area contributed by atoms with Gasteiger partial charge in [0.1, 0.15) is 16.8 Å². The number of nitrogens with zero attached hydrogens (tertiary/aromatic N) is 4. The van der Waals surface area contributed by atoms with Gasteiger partial charge in [0.05, 0.1) is 0 Å². The number of halogens is 4. The molecule has 36 heavy (non-hydrogen) atoms. The van der Waals surface area contributed by atoms with Crippen LogP contribution >= 0.6 is 11.6 Å². The van der Waals surface area contributed by atoms with Crippen molar-refractivity contribution in [3.8, 4) is 5.75 Å². The van der Waals surface area contributed by atoms with Crippen LogP contribution in [0.5, 0.6) is 5.75 Å². The van der Waals surface area contributed by atoms with Crippen LogP contribution in [0.2, 0.25) is 5.02 Å². The highest BCUT2D eigenvalue weighted by Gasteiger charge is 2.39. The predicted molar refractivity (Wildman–Crippen MR) is 125 cm³/mol. The van der Waals surface area contributed by atoms with E-state index in [1.165, 1.54) is 18.2 Å². The number of aromatic nitrogens is 3. The Morgan fingerprint density at radius 3 is 2.58 bits per heavy atom. The number of piperidine rings is 1. The molecule has 2 saturated heterocycles. The number of nitrogens with one attached hydrogen (secondary N) is 1. The standard InChI is InChI=1S/C24H21ClF3N5O3/c25-18-7-14(8-19(10-18)36-24(26,27)28)1-4-22(34)33-11-16-5-6-32(12-17(16)13-33)23(35)15-2-3-20-21(9-15)30-31-29-20/h1-4,7-10,16-17H,5-6,11-13H2,(H,29,30,31)/b4-1+/t16-,17?/m1/s1. The first kappa shape index (κ1) is 24.1. The number of H-pyrrole nitrogens is 1. The fourth-order valence-electron chi connectivity index (χ4n) is 4.84. The quantitative estimate of drug-likeness (QED) is 0.523. The van der Waals surface area contributed by atoms with Crippen LogP contribution in [0.4, 0.5) is 13.2 Å². The molecule has 1 unspecified atom stereocenters.